The second kappa shape index (κ2) is 11.7. The van der Waals surface area contributed by atoms with Crippen molar-refractivity contribution in [1.29, 1.82) is 0 Å². The standard InChI is InChI=1S/C25H30N2O5S/c1-16(2)22(13-24(29)30)27-23(28)15-33-12-11-26-25(31)32-14-21-19-9-5-3-7-17(19)18-8-4-6-10-20(18)21/h3-10,16,21-22H,11-15H2,1-2H3,(H,26,31)(H,27,28)(H,29,30). The van der Waals surface area contributed by atoms with Crippen molar-refractivity contribution in [3.63, 3.8) is 0 Å². The van der Waals surface area contributed by atoms with E-state index in [9.17, 15) is 14.4 Å². The molecule has 0 aromatic heterocycles. The lowest BCUT2D eigenvalue weighted by Crippen LogP contribution is -2.41. The molecule has 176 valence electrons. The molecular weight excluding hydrogens is 440 g/mol. The molecule has 0 heterocycles. The monoisotopic (exact) mass is 470 g/mol. The molecule has 2 amide bonds. The number of fused-ring (bicyclic) bond motifs is 3. The molecule has 0 aliphatic heterocycles. The van der Waals surface area contributed by atoms with Crippen molar-refractivity contribution in [2.24, 2.45) is 5.92 Å². The van der Waals surface area contributed by atoms with E-state index >= 15 is 0 Å². The summed E-state index contributed by atoms with van der Waals surface area (Å²) in [5, 5.41) is 14.4. The van der Waals surface area contributed by atoms with Crippen molar-refractivity contribution >= 4 is 29.7 Å². The van der Waals surface area contributed by atoms with Crippen LogP contribution in [0.4, 0.5) is 4.79 Å². The lowest BCUT2D eigenvalue weighted by molar-refractivity contribution is -0.138. The van der Waals surface area contributed by atoms with Gasteiger partial charge in [0.1, 0.15) is 6.61 Å². The summed E-state index contributed by atoms with van der Waals surface area (Å²) in [5.74, 6) is -0.348. The molecule has 3 rings (SSSR count). The second-order valence-electron chi connectivity index (χ2n) is 8.32. The number of thioether (sulfide) groups is 1. The van der Waals surface area contributed by atoms with Crippen LogP contribution in [-0.2, 0) is 14.3 Å². The second-order valence-corrected chi connectivity index (χ2v) is 9.43. The van der Waals surface area contributed by atoms with Gasteiger partial charge in [-0.05, 0) is 28.2 Å². The molecule has 7 nitrogen and oxygen atoms in total. The van der Waals surface area contributed by atoms with Crippen LogP contribution in [0, 0.1) is 5.92 Å². The number of carboxylic acid groups (broad SMARTS) is 1. The highest BCUT2D eigenvalue weighted by Gasteiger charge is 2.29. The number of aliphatic carboxylic acids is 1. The minimum atomic E-state index is -0.936. The van der Waals surface area contributed by atoms with Gasteiger partial charge in [0.25, 0.3) is 0 Å². The third-order valence-corrected chi connectivity index (χ3v) is 6.60. The Balaban J connectivity index is 1.37. The first kappa shape index (κ1) is 24.6. The highest BCUT2D eigenvalue weighted by Crippen LogP contribution is 2.44. The van der Waals surface area contributed by atoms with Gasteiger partial charge in [-0.3, -0.25) is 9.59 Å². The molecule has 8 heteroatoms. The van der Waals surface area contributed by atoms with E-state index in [-0.39, 0.29) is 36.5 Å². The molecule has 1 atom stereocenters. The molecule has 0 saturated heterocycles. The molecule has 2 aromatic rings. The Morgan fingerprint density at radius 2 is 1.64 bits per heavy atom. The lowest BCUT2D eigenvalue weighted by Gasteiger charge is -2.20. The van der Waals surface area contributed by atoms with Crippen molar-refractivity contribution in [1.82, 2.24) is 10.6 Å². The van der Waals surface area contributed by atoms with E-state index < -0.39 is 18.1 Å². The van der Waals surface area contributed by atoms with Crippen molar-refractivity contribution in [2.45, 2.75) is 32.2 Å². The van der Waals surface area contributed by atoms with Gasteiger partial charge in [-0.15, -0.1) is 0 Å². The molecule has 0 saturated carbocycles. The van der Waals surface area contributed by atoms with Crippen LogP contribution < -0.4 is 10.6 Å². The molecular formula is C25H30N2O5S. The highest BCUT2D eigenvalue weighted by atomic mass is 32.2. The van der Waals surface area contributed by atoms with E-state index in [2.05, 4.69) is 34.9 Å². The van der Waals surface area contributed by atoms with Gasteiger partial charge in [-0.2, -0.15) is 11.8 Å². The van der Waals surface area contributed by atoms with Gasteiger partial charge in [0.05, 0.1) is 12.2 Å². The largest absolute Gasteiger partial charge is 0.481 e. The van der Waals surface area contributed by atoms with Gasteiger partial charge in [0.2, 0.25) is 5.91 Å². The van der Waals surface area contributed by atoms with Crippen LogP contribution >= 0.6 is 11.8 Å². The normalized spacial score (nSPS) is 13.2. The van der Waals surface area contributed by atoms with Crippen LogP contribution in [0.2, 0.25) is 0 Å². The number of ether oxygens (including phenoxy) is 1. The molecule has 3 N–H and O–H groups in total. The van der Waals surface area contributed by atoms with Gasteiger partial charge in [-0.1, -0.05) is 62.4 Å². The first-order valence-corrected chi connectivity index (χ1v) is 12.2. The fraction of sp³-hybridized carbons (Fsp3) is 0.400. The van der Waals surface area contributed by atoms with Crippen LogP contribution in [0.25, 0.3) is 11.1 Å². The number of carbonyl (C=O) groups excluding carboxylic acids is 2. The molecule has 33 heavy (non-hydrogen) atoms. The Morgan fingerprint density at radius 1 is 1.03 bits per heavy atom. The molecule has 2 aromatic carbocycles. The average Bonchev–Trinajstić information content (AvgIpc) is 3.10. The van der Waals surface area contributed by atoms with Crippen molar-refractivity contribution in [2.75, 3.05) is 24.7 Å². The van der Waals surface area contributed by atoms with Gasteiger partial charge in [0.15, 0.2) is 0 Å². The summed E-state index contributed by atoms with van der Waals surface area (Å²) in [6, 6.07) is 15.9. The number of carbonyl (C=O) groups is 3. The summed E-state index contributed by atoms with van der Waals surface area (Å²) >= 11 is 1.37. The molecule has 0 radical (unpaired) electrons. The quantitative estimate of drug-likeness (QED) is 0.431. The van der Waals surface area contributed by atoms with Crippen LogP contribution in [0.15, 0.2) is 48.5 Å². The van der Waals surface area contributed by atoms with E-state index in [0.717, 1.165) is 11.1 Å². The number of hydrogen-bond donors (Lipinski definition) is 3. The fourth-order valence-corrected chi connectivity index (χ4v) is 4.59. The maximum Gasteiger partial charge on any atom is 0.407 e. The van der Waals surface area contributed by atoms with Crippen LogP contribution in [0.1, 0.15) is 37.3 Å². The summed E-state index contributed by atoms with van der Waals surface area (Å²) in [6.45, 7) is 4.38. The summed E-state index contributed by atoms with van der Waals surface area (Å²) in [6.07, 6.45) is -0.583. The number of carboxylic acids is 1. The molecule has 1 aliphatic carbocycles. The van der Waals surface area contributed by atoms with Gasteiger partial charge in [-0.25, -0.2) is 4.79 Å². The van der Waals surface area contributed by atoms with Crippen molar-refractivity contribution < 1.29 is 24.2 Å². The summed E-state index contributed by atoms with van der Waals surface area (Å²) in [4.78, 5) is 35.1. The fourth-order valence-electron chi connectivity index (χ4n) is 3.93. The number of nitrogens with one attached hydrogen (secondary N) is 2. The zero-order chi connectivity index (χ0) is 23.8. The Bertz CT molecular complexity index is 949. The predicted octanol–water partition coefficient (Wildman–Crippen LogP) is 3.87. The minimum absolute atomic E-state index is 0.0147. The van der Waals surface area contributed by atoms with E-state index in [1.54, 1.807) is 0 Å². The number of amides is 2. The Labute approximate surface area is 198 Å². The molecule has 0 spiro atoms. The Kier molecular flexibility index (Phi) is 8.77. The molecule has 0 fully saturated rings. The van der Waals surface area contributed by atoms with Gasteiger partial charge in [0, 0.05) is 24.3 Å². The van der Waals surface area contributed by atoms with E-state index in [1.807, 2.05) is 38.1 Å². The van der Waals surface area contributed by atoms with Crippen LogP contribution in [0.5, 0.6) is 0 Å². The van der Waals surface area contributed by atoms with Gasteiger partial charge < -0.3 is 20.5 Å². The van der Waals surface area contributed by atoms with E-state index in [4.69, 9.17) is 9.84 Å². The number of rotatable bonds is 11. The number of hydrogen-bond acceptors (Lipinski definition) is 5. The molecule has 0 bridgehead atoms. The smallest absolute Gasteiger partial charge is 0.407 e. The maximum atomic E-state index is 12.2. The van der Waals surface area contributed by atoms with Crippen molar-refractivity contribution in [3.8, 4) is 11.1 Å². The minimum Gasteiger partial charge on any atom is -0.481 e. The van der Waals surface area contributed by atoms with Crippen molar-refractivity contribution in [3.05, 3.63) is 59.7 Å². The highest BCUT2D eigenvalue weighted by molar-refractivity contribution is 7.99. The summed E-state index contributed by atoms with van der Waals surface area (Å²) < 4.78 is 5.49. The van der Waals surface area contributed by atoms with Gasteiger partial charge >= 0.3 is 12.1 Å². The topological polar surface area (TPSA) is 105 Å². The van der Waals surface area contributed by atoms with Crippen LogP contribution in [-0.4, -0.2) is 53.8 Å². The van der Waals surface area contributed by atoms with Crippen LogP contribution in [0.3, 0.4) is 0 Å². The van der Waals surface area contributed by atoms with E-state index in [0.29, 0.717) is 12.3 Å². The summed E-state index contributed by atoms with van der Waals surface area (Å²) in [5.41, 5.74) is 4.69. The predicted molar refractivity (Wildman–Crippen MR) is 129 cm³/mol. The Hall–Kier alpha value is -3.00. The zero-order valence-corrected chi connectivity index (χ0v) is 19.7. The Morgan fingerprint density at radius 3 is 2.21 bits per heavy atom. The SMILES string of the molecule is CC(C)C(CC(=O)O)NC(=O)CSCCNC(=O)OCC1c2ccccc2-c2ccccc21. The lowest BCUT2D eigenvalue weighted by atomic mass is 9.98. The first-order chi connectivity index (χ1) is 15.9. The third-order valence-electron chi connectivity index (χ3n) is 5.64. The van der Waals surface area contributed by atoms with E-state index in [1.165, 1.54) is 22.9 Å². The zero-order valence-electron chi connectivity index (χ0n) is 18.9. The first-order valence-electron chi connectivity index (χ1n) is 11.0. The maximum absolute atomic E-state index is 12.2. The third kappa shape index (κ3) is 6.74. The molecule has 1 unspecified atom stereocenters. The molecule has 1 aliphatic rings. The summed E-state index contributed by atoms with van der Waals surface area (Å²) in [7, 11) is 0. The number of benzene rings is 2. The average molecular weight is 471 g/mol. The number of alkyl carbamates (subject to hydrolysis) is 1.